The Balaban J connectivity index is 1.53. The molecule has 1 aromatic carbocycles. The zero-order valence-electron chi connectivity index (χ0n) is 18.2. The Morgan fingerprint density at radius 1 is 1.31 bits per heavy atom. The van der Waals surface area contributed by atoms with Crippen molar-refractivity contribution in [2.24, 2.45) is 0 Å². The number of carboxylic acids is 2. The summed E-state index contributed by atoms with van der Waals surface area (Å²) in [6.45, 7) is 0.714. The van der Waals surface area contributed by atoms with Gasteiger partial charge in [-0.1, -0.05) is 0 Å². The summed E-state index contributed by atoms with van der Waals surface area (Å²) in [6.07, 6.45) is 1.48. The van der Waals surface area contributed by atoms with E-state index in [9.17, 15) is 34.2 Å². The Morgan fingerprint density at radius 2 is 2.03 bits per heavy atom. The molecular weight excluding hydrogens is 462 g/mol. The molecule has 2 atom stereocenters. The summed E-state index contributed by atoms with van der Waals surface area (Å²) in [7, 11) is 0. The van der Waals surface area contributed by atoms with Gasteiger partial charge in [0.1, 0.15) is 18.3 Å². The summed E-state index contributed by atoms with van der Waals surface area (Å²) in [6, 6.07) is 4.67. The molecule has 0 saturated carbocycles. The van der Waals surface area contributed by atoms with E-state index in [2.05, 4.69) is 15.3 Å². The minimum absolute atomic E-state index is 0.103. The van der Waals surface area contributed by atoms with Crippen molar-refractivity contribution in [2.45, 2.75) is 24.9 Å². The largest absolute Gasteiger partial charge is 0.550 e. The second kappa shape index (κ2) is 9.24. The number of carbonyl (C=O) groups excluding carboxylic acids is 3. The first-order chi connectivity index (χ1) is 16.7. The van der Waals surface area contributed by atoms with Crippen molar-refractivity contribution in [1.82, 2.24) is 15.3 Å². The van der Waals surface area contributed by atoms with Crippen molar-refractivity contribution in [3.8, 4) is 0 Å². The maximum atomic E-state index is 12.6. The molecule has 0 saturated heterocycles. The lowest BCUT2D eigenvalue weighted by Crippen LogP contribution is -2.45. The fourth-order valence-electron chi connectivity index (χ4n) is 4.04. The number of nitrogens with zero attached hydrogens (tertiary/aromatic N) is 4. The Labute approximate surface area is 197 Å². The van der Waals surface area contributed by atoms with Crippen LogP contribution in [0, 0.1) is 0 Å². The Hall–Kier alpha value is -4.75. The van der Waals surface area contributed by atoms with Crippen LogP contribution in [0.5, 0.6) is 0 Å². The highest BCUT2D eigenvalue weighted by atomic mass is 16.4. The monoisotopic (exact) mass is 483 g/mol. The number of aliphatic carboxylic acids is 2. The molecular formula is C21H21N7O7. The third-order valence-electron chi connectivity index (χ3n) is 5.73. The fraction of sp³-hybridized carbons (Fsp3) is 0.286. The molecule has 1 aromatic heterocycles. The molecule has 0 radical (unpaired) electrons. The Morgan fingerprint density at radius 3 is 2.66 bits per heavy atom. The number of amides is 2. The lowest BCUT2D eigenvalue weighted by molar-refractivity contribution is -0.469. The average molecular weight is 483 g/mol. The number of carbonyl (C=O) groups is 4. The molecule has 2 aliphatic heterocycles. The number of fused-ring (bicyclic) bond motifs is 3. The topological polar surface area (TPSA) is 205 Å². The van der Waals surface area contributed by atoms with Gasteiger partial charge in [0.05, 0.1) is 6.54 Å². The molecule has 0 spiro atoms. The summed E-state index contributed by atoms with van der Waals surface area (Å²) in [4.78, 5) is 68.2. The highest BCUT2D eigenvalue weighted by Crippen LogP contribution is 2.31. The lowest BCUT2D eigenvalue weighted by atomic mass is 10.1. The summed E-state index contributed by atoms with van der Waals surface area (Å²) in [5.41, 5.74) is 6.20. The van der Waals surface area contributed by atoms with Gasteiger partial charge < -0.3 is 26.1 Å². The van der Waals surface area contributed by atoms with E-state index < -0.39 is 35.9 Å². The first kappa shape index (κ1) is 23.4. The van der Waals surface area contributed by atoms with Gasteiger partial charge in [0.15, 0.2) is 11.9 Å². The van der Waals surface area contributed by atoms with Crippen LogP contribution in [0.4, 0.5) is 23.1 Å². The van der Waals surface area contributed by atoms with Crippen LogP contribution in [0.3, 0.4) is 0 Å². The third kappa shape index (κ3) is 4.66. The predicted molar refractivity (Wildman–Crippen MR) is 119 cm³/mol. The van der Waals surface area contributed by atoms with Crippen LogP contribution in [-0.4, -0.2) is 75.4 Å². The van der Waals surface area contributed by atoms with Crippen LogP contribution in [0.15, 0.2) is 29.1 Å². The average Bonchev–Trinajstić information content (AvgIpc) is 3.24. The van der Waals surface area contributed by atoms with Crippen LogP contribution in [-0.2, 0) is 14.4 Å². The van der Waals surface area contributed by atoms with Gasteiger partial charge in [-0.25, -0.2) is 14.3 Å². The molecule has 182 valence electrons. The molecule has 1 unspecified atom stereocenters. The van der Waals surface area contributed by atoms with E-state index in [4.69, 9.17) is 5.73 Å². The van der Waals surface area contributed by atoms with E-state index in [0.29, 0.717) is 18.6 Å². The Bertz CT molecular complexity index is 1290. The number of nitrogen functional groups attached to an aromatic ring is 1. The van der Waals surface area contributed by atoms with Gasteiger partial charge in [0.25, 0.3) is 5.91 Å². The number of H-pyrrole nitrogens is 1. The van der Waals surface area contributed by atoms with Crippen molar-refractivity contribution in [1.29, 1.82) is 0 Å². The fourth-order valence-corrected chi connectivity index (χ4v) is 4.04. The maximum absolute atomic E-state index is 12.6. The summed E-state index contributed by atoms with van der Waals surface area (Å²) in [5, 5.41) is 22.1. The number of aromatic amines is 1. The van der Waals surface area contributed by atoms with Gasteiger partial charge in [-0.2, -0.15) is 4.98 Å². The molecule has 14 nitrogen and oxygen atoms in total. The minimum Gasteiger partial charge on any atom is -0.550 e. The second-order valence-electron chi connectivity index (χ2n) is 8.03. The van der Waals surface area contributed by atoms with Crippen LogP contribution in [0.2, 0.25) is 0 Å². The third-order valence-corrected chi connectivity index (χ3v) is 5.73. The van der Waals surface area contributed by atoms with E-state index in [-0.39, 0.29) is 42.0 Å². The molecule has 4 rings (SSSR count). The zero-order valence-corrected chi connectivity index (χ0v) is 18.2. The van der Waals surface area contributed by atoms with Crippen molar-refractivity contribution in [3.63, 3.8) is 0 Å². The molecule has 3 heterocycles. The van der Waals surface area contributed by atoms with Gasteiger partial charge in [-0.3, -0.25) is 24.3 Å². The molecule has 2 aliphatic rings. The molecule has 14 heteroatoms. The SMILES string of the molecule is Nc1nc2c(c(=O)[nH]1)[N+]1=CN(c3ccc(C(=O)N[C@@H](CCC(=O)[O-])C(=O)O)cc3)CC1CN2C=O. The van der Waals surface area contributed by atoms with Crippen LogP contribution < -0.4 is 31.5 Å². The standard InChI is InChI=1S/C21H21N7O7/c22-21-24-17-16(19(33)25-21)28-9-26(7-13(28)8-27(17)10-29)12-3-1-11(2-4-12)18(32)23-14(20(34)35)5-6-15(30)31/h1-4,9-10,13-14H,5-8H2,(H5-,22,23,24,25,30,31,32,33,34,35)/t13?,14-/m0/s1. The summed E-state index contributed by atoms with van der Waals surface area (Å²) < 4.78 is 1.72. The van der Waals surface area contributed by atoms with Gasteiger partial charge in [-0.15, -0.1) is 0 Å². The van der Waals surface area contributed by atoms with E-state index in [1.807, 2.05) is 4.90 Å². The molecule has 0 aliphatic carbocycles. The first-order valence-corrected chi connectivity index (χ1v) is 10.5. The molecule has 2 aromatic rings. The van der Waals surface area contributed by atoms with Crippen LogP contribution >= 0.6 is 0 Å². The van der Waals surface area contributed by atoms with Crippen molar-refractivity contribution in [2.75, 3.05) is 28.6 Å². The van der Waals surface area contributed by atoms with Gasteiger partial charge >= 0.3 is 11.5 Å². The highest BCUT2D eigenvalue weighted by Gasteiger charge is 2.42. The van der Waals surface area contributed by atoms with Crippen molar-refractivity contribution >= 4 is 53.7 Å². The molecule has 0 bridgehead atoms. The maximum Gasteiger partial charge on any atom is 0.326 e. The number of hydrogen-bond donors (Lipinski definition) is 4. The van der Waals surface area contributed by atoms with E-state index in [1.165, 1.54) is 17.0 Å². The first-order valence-electron chi connectivity index (χ1n) is 10.5. The smallest absolute Gasteiger partial charge is 0.326 e. The lowest BCUT2D eigenvalue weighted by Gasteiger charge is -2.27. The van der Waals surface area contributed by atoms with Crippen LogP contribution in [0.1, 0.15) is 23.2 Å². The number of aromatic nitrogens is 2. The highest BCUT2D eigenvalue weighted by molar-refractivity contribution is 5.97. The van der Waals surface area contributed by atoms with Crippen LogP contribution in [0.25, 0.3) is 0 Å². The van der Waals surface area contributed by atoms with Gasteiger partial charge in [0.2, 0.25) is 24.4 Å². The number of benzene rings is 1. The number of nitrogens with two attached hydrogens (primary N) is 1. The number of hydrogen-bond acceptors (Lipinski definition) is 9. The van der Waals surface area contributed by atoms with E-state index >= 15 is 0 Å². The molecule has 5 N–H and O–H groups in total. The van der Waals surface area contributed by atoms with Gasteiger partial charge in [-0.05, 0) is 37.1 Å². The number of rotatable bonds is 8. The quantitative estimate of drug-likeness (QED) is 0.231. The normalized spacial score (nSPS) is 17.1. The number of anilines is 3. The molecule has 0 fully saturated rings. The van der Waals surface area contributed by atoms with E-state index in [1.54, 1.807) is 23.0 Å². The predicted octanol–water partition coefficient (Wildman–Crippen LogP) is -2.40. The zero-order chi connectivity index (χ0) is 25.3. The summed E-state index contributed by atoms with van der Waals surface area (Å²) >= 11 is 0. The van der Waals surface area contributed by atoms with Gasteiger partial charge in [0, 0.05) is 11.5 Å². The van der Waals surface area contributed by atoms with E-state index in [0.717, 1.165) is 0 Å². The second-order valence-corrected chi connectivity index (χ2v) is 8.03. The Kier molecular flexibility index (Phi) is 6.18. The molecule has 2 amide bonds. The number of nitrogens with one attached hydrogen (secondary N) is 2. The molecule has 35 heavy (non-hydrogen) atoms. The summed E-state index contributed by atoms with van der Waals surface area (Å²) in [5.74, 6) is -3.37. The van der Waals surface area contributed by atoms with Crippen molar-refractivity contribution < 1.29 is 34.0 Å². The van der Waals surface area contributed by atoms with Crippen molar-refractivity contribution in [3.05, 3.63) is 40.2 Å². The number of carboxylic acid groups (broad SMARTS) is 2. The minimum atomic E-state index is -1.41.